The van der Waals surface area contributed by atoms with E-state index >= 15 is 0 Å². The van der Waals surface area contributed by atoms with Gasteiger partial charge in [-0.2, -0.15) is 17.9 Å². The molecule has 2 heterocycles. The lowest BCUT2D eigenvalue weighted by Gasteiger charge is -2.19. The first-order valence-electron chi connectivity index (χ1n) is 12.1. The van der Waals surface area contributed by atoms with Gasteiger partial charge in [-0.25, -0.2) is 13.4 Å². The van der Waals surface area contributed by atoms with Crippen LogP contribution < -0.4 is 9.46 Å². The molecule has 3 aromatic rings. The molecule has 1 aromatic carbocycles. The SMILES string of the molecule is CC(C)Cc1nc(-c2nnc(CC(C)(C)C(=O)O)o2)sc1-c1ccc(S(=O)(=O)NC(C)C(F)(F)F)cc1OC(F)(F)F. The van der Waals surface area contributed by atoms with E-state index in [4.69, 9.17) is 4.42 Å². The topological polar surface area (TPSA) is 145 Å². The Hall–Kier alpha value is -3.25. The third-order valence-electron chi connectivity index (χ3n) is 5.68. The minimum atomic E-state index is -5.28. The van der Waals surface area contributed by atoms with Crippen molar-refractivity contribution in [1.82, 2.24) is 19.9 Å². The average molecular weight is 645 g/mol. The van der Waals surface area contributed by atoms with E-state index in [0.717, 1.165) is 23.5 Å². The van der Waals surface area contributed by atoms with Crippen LogP contribution in [0.4, 0.5) is 26.3 Å². The van der Waals surface area contributed by atoms with Crippen molar-refractivity contribution in [2.75, 3.05) is 0 Å². The maximum atomic E-state index is 13.4. The summed E-state index contributed by atoms with van der Waals surface area (Å²) in [5, 5.41) is 17.2. The van der Waals surface area contributed by atoms with Crippen LogP contribution >= 0.6 is 11.3 Å². The van der Waals surface area contributed by atoms with Crippen LogP contribution in [-0.4, -0.2) is 53.3 Å². The highest BCUT2D eigenvalue weighted by Gasteiger charge is 2.40. The second-order valence-corrected chi connectivity index (χ2v) is 13.1. The van der Waals surface area contributed by atoms with E-state index in [1.165, 1.54) is 18.6 Å². The number of carboxylic acid groups (broad SMARTS) is 1. The van der Waals surface area contributed by atoms with Gasteiger partial charge in [-0.05, 0) is 45.2 Å². The van der Waals surface area contributed by atoms with Crippen molar-refractivity contribution >= 4 is 27.3 Å². The normalized spacial score (nSPS) is 13.9. The van der Waals surface area contributed by atoms with E-state index in [9.17, 15) is 44.7 Å². The number of rotatable bonds is 11. The van der Waals surface area contributed by atoms with Crippen molar-refractivity contribution in [1.29, 1.82) is 0 Å². The van der Waals surface area contributed by atoms with Crippen LogP contribution in [0.2, 0.25) is 0 Å². The van der Waals surface area contributed by atoms with E-state index < -0.39 is 50.6 Å². The van der Waals surface area contributed by atoms with Gasteiger partial charge < -0.3 is 14.3 Å². The molecule has 18 heteroatoms. The highest BCUT2D eigenvalue weighted by Crippen LogP contribution is 2.43. The quantitative estimate of drug-likeness (QED) is 0.246. The molecule has 2 aromatic heterocycles. The Morgan fingerprint density at radius 2 is 1.76 bits per heavy atom. The van der Waals surface area contributed by atoms with Gasteiger partial charge in [-0.3, -0.25) is 4.79 Å². The Kier molecular flexibility index (Phi) is 9.34. The van der Waals surface area contributed by atoms with Gasteiger partial charge in [-0.15, -0.1) is 34.7 Å². The van der Waals surface area contributed by atoms with Gasteiger partial charge in [0.25, 0.3) is 5.89 Å². The Bertz CT molecular complexity index is 1550. The van der Waals surface area contributed by atoms with E-state index in [-0.39, 0.29) is 51.7 Å². The van der Waals surface area contributed by atoms with Crippen LogP contribution in [0.1, 0.15) is 46.2 Å². The lowest BCUT2D eigenvalue weighted by molar-refractivity contribution is -0.274. The Morgan fingerprint density at radius 3 is 2.31 bits per heavy atom. The van der Waals surface area contributed by atoms with Crippen molar-refractivity contribution < 1.29 is 53.8 Å². The number of carbonyl (C=O) groups is 1. The van der Waals surface area contributed by atoms with Crippen LogP contribution in [0.25, 0.3) is 21.3 Å². The van der Waals surface area contributed by atoms with Gasteiger partial charge in [0, 0.05) is 18.1 Å². The van der Waals surface area contributed by atoms with E-state index in [0.29, 0.717) is 13.0 Å². The molecule has 2 N–H and O–H groups in total. The zero-order chi connectivity index (χ0) is 31.8. The zero-order valence-electron chi connectivity index (χ0n) is 22.7. The van der Waals surface area contributed by atoms with Crippen molar-refractivity contribution in [3.8, 4) is 27.1 Å². The number of thiazole rings is 1. The number of aliphatic carboxylic acids is 1. The second-order valence-electron chi connectivity index (χ2n) is 10.3. The molecule has 0 saturated carbocycles. The summed E-state index contributed by atoms with van der Waals surface area (Å²) < 4.78 is 115. The Balaban J connectivity index is 2.12. The molecule has 0 aliphatic heterocycles. The lowest BCUT2D eigenvalue weighted by atomic mass is 9.90. The summed E-state index contributed by atoms with van der Waals surface area (Å²) in [5.41, 5.74) is -1.19. The van der Waals surface area contributed by atoms with Crippen LogP contribution in [0, 0.1) is 11.3 Å². The van der Waals surface area contributed by atoms with Crippen LogP contribution in [0.5, 0.6) is 5.75 Å². The standard InChI is InChI=1S/C24H26F6N4O6S2/c1-11(2)8-15-18(41-20(31-15)19-33-32-17(39-19)10-22(4,5)21(35)36)14-7-6-13(9-16(14)40-24(28,29)30)42(37,38)34-12(3)23(25,26)27/h6-7,9,11-12,34H,8,10H2,1-5H3,(H,35,36). The molecule has 0 aliphatic carbocycles. The Labute approximate surface area is 240 Å². The molecule has 0 aliphatic rings. The predicted octanol–water partition coefficient (Wildman–Crippen LogP) is 5.84. The summed E-state index contributed by atoms with van der Waals surface area (Å²) in [6.45, 7) is 7.08. The molecular formula is C24H26F6N4O6S2. The van der Waals surface area contributed by atoms with E-state index in [1.807, 2.05) is 13.8 Å². The summed E-state index contributed by atoms with van der Waals surface area (Å²) in [6, 6.07) is -0.215. The van der Waals surface area contributed by atoms with Crippen molar-refractivity contribution in [3.63, 3.8) is 0 Å². The van der Waals surface area contributed by atoms with Crippen LogP contribution in [0.15, 0.2) is 27.5 Å². The number of alkyl halides is 6. The zero-order valence-corrected chi connectivity index (χ0v) is 24.3. The fourth-order valence-corrected chi connectivity index (χ4v) is 5.77. The smallest absolute Gasteiger partial charge is 0.481 e. The molecule has 1 unspecified atom stereocenters. The number of hydrogen-bond acceptors (Lipinski definition) is 9. The largest absolute Gasteiger partial charge is 0.573 e. The van der Waals surface area contributed by atoms with Crippen molar-refractivity contribution in [2.24, 2.45) is 11.3 Å². The summed E-state index contributed by atoms with van der Waals surface area (Å²) >= 11 is 0.828. The first kappa shape index (κ1) is 33.3. The number of hydrogen-bond donors (Lipinski definition) is 2. The van der Waals surface area contributed by atoms with Crippen LogP contribution in [-0.2, 0) is 27.7 Å². The number of benzene rings is 1. The fourth-order valence-electron chi connectivity index (χ4n) is 3.48. The van der Waals surface area contributed by atoms with Gasteiger partial charge in [0.1, 0.15) is 11.8 Å². The average Bonchev–Trinajstić information content (AvgIpc) is 3.43. The van der Waals surface area contributed by atoms with Gasteiger partial charge in [0.2, 0.25) is 15.9 Å². The third-order valence-corrected chi connectivity index (χ3v) is 8.33. The maximum Gasteiger partial charge on any atom is 0.573 e. The van der Waals surface area contributed by atoms with Crippen molar-refractivity contribution in [2.45, 2.75) is 70.9 Å². The molecule has 0 spiro atoms. The van der Waals surface area contributed by atoms with E-state index in [2.05, 4.69) is 19.9 Å². The minimum Gasteiger partial charge on any atom is -0.481 e. The molecule has 3 rings (SSSR count). The number of nitrogens with zero attached hydrogens (tertiary/aromatic N) is 3. The summed E-state index contributed by atoms with van der Waals surface area (Å²) in [7, 11) is -4.91. The number of nitrogens with one attached hydrogen (secondary N) is 1. The monoisotopic (exact) mass is 644 g/mol. The molecule has 1 atom stereocenters. The summed E-state index contributed by atoms with van der Waals surface area (Å²) in [4.78, 5) is 15.1. The number of aromatic nitrogens is 3. The number of ether oxygens (including phenoxy) is 1. The predicted molar refractivity (Wildman–Crippen MR) is 137 cm³/mol. The number of halogens is 6. The minimum absolute atomic E-state index is 0.0178. The van der Waals surface area contributed by atoms with Gasteiger partial charge in [-0.1, -0.05) is 13.8 Å². The number of carboxylic acids is 1. The molecule has 0 bridgehead atoms. The molecule has 0 amide bonds. The lowest BCUT2D eigenvalue weighted by Crippen LogP contribution is -2.42. The molecule has 42 heavy (non-hydrogen) atoms. The Morgan fingerprint density at radius 1 is 1.12 bits per heavy atom. The fraction of sp³-hybridized carbons (Fsp3) is 0.500. The molecule has 0 saturated heterocycles. The summed E-state index contributed by atoms with van der Waals surface area (Å²) in [6.07, 6.45) is -10.1. The first-order chi connectivity index (χ1) is 19.1. The van der Waals surface area contributed by atoms with Gasteiger partial charge in [0.05, 0.1) is 20.9 Å². The van der Waals surface area contributed by atoms with Crippen LogP contribution in [0.3, 0.4) is 0 Å². The maximum absolute atomic E-state index is 13.4. The van der Waals surface area contributed by atoms with Gasteiger partial charge >= 0.3 is 18.5 Å². The highest BCUT2D eigenvalue weighted by molar-refractivity contribution is 7.89. The van der Waals surface area contributed by atoms with E-state index in [1.54, 1.807) is 0 Å². The molecule has 10 nitrogen and oxygen atoms in total. The number of sulfonamides is 1. The summed E-state index contributed by atoms with van der Waals surface area (Å²) in [5.74, 6) is -2.29. The van der Waals surface area contributed by atoms with Crippen molar-refractivity contribution in [3.05, 3.63) is 29.8 Å². The molecular weight excluding hydrogens is 618 g/mol. The second kappa shape index (κ2) is 11.8. The molecule has 0 fully saturated rings. The first-order valence-corrected chi connectivity index (χ1v) is 14.4. The molecule has 0 radical (unpaired) electrons. The van der Waals surface area contributed by atoms with Gasteiger partial charge in [0.15, 0.2) is 5.01 Å². The molecule has 232 valence electrons. The third kappa shape index (κ3) is 8.19. The highest BCUT2D eigenvalue weighted by atomic mass is 32.2.